The highest BCUT2D eigenvalue weighted by atomic mass is 16.5. The Hall–Kier alpha value is -0.120. The molecule has 1 aliphatic rings. The molecule has 90 valence electrons. The summed E-state index contributed by atoms with van der Waals surface area (Å²) in [5.41, 5.74) is 0. The zero-order chi connectivity index (χ0) is 10.9. The second-order valence-electron chi connectivity index (χ2n) is 4.31. The highest BCUT2D eigenvalue weighted by Crippen LogP contribution is 2.05. The van der Waals surface area contributed by atoms with Gasteiger partial charge in [0.05, 0.1) is 6.61 Å². The fraction of sp³-hybridized carbons (Fsp3) is 1.00. The molecule has 3 nitrogen and oxygen atoms in total. The lowest BCUT2D eigenvalue weighted by atomic mass is 10.1. The Kier molecular flexibility index (Phi) is 6.98. The van der Waals surface area contributed by atoms with Crippen LogP contribution in [0.25, 0.3) is 0 Å². The molecule has 0 unspecified atom stereocenters. The van der Waals surface area contributed by atoms with E-state index >= 15 is 0 Å². The number of hydrogen-bond donors (Lipinski definition) is 1. The lowest BCUT2D eigenvalue weighted by Crippen LogP contribution is -2.57. The summed E-state index contributed by atoms with van der Waals surface area (Å²) in [5, 5.41) is 3.33. The van der Waals surface area contributed by atoms with Crippen LogP contribution >= 0.6 is 0 Å². The first-order valence-electron chi connectivity index (χ1n) is 6.41. The maximum Gasteiger partial charge on any atom is 0.0593 e. The van der Waals surface area contributed by atoms with Gasteiger partial charge in [0, 0.05) is 32.3 Å². The van der Waals surface area contributed by atoms with Gasteiger partial charge < -0.3 is 10.1 Å². The van der Waals surface area contributed by atoms with Crippen LogP contribution in [-0.2, 0) is 4.74 Å². The molecular weight excluding hydrogens is 188 g/mol. The number of ether oxygens (including phenoxy) is 1. The van der Waals surface area contributed by atoms with Crippen molar-refractivity contribution < 1.29 is 4.74 Å². The fourth-order valence-corrected chi connectivity index (χ4v) is 1.83. The van der Waals surface area contributed by atoms with E-state index in [1.54, 1.807) is 0 Å². The molecule has 0 aromatic rings. The molecule has 1 aliphatic heterocycles. The molecule has 0 spiro atoms. The Balaban J connectivity index is 2.03. The molecule has 1 rings (SSSR count). The fourth-order valence-electron chi connectivity index (χ4n) is 1.83. The molecule has 15 heavy (non-hydrogen) atoms. The highest BCUT2D eigenvalue weighted by molar-refractivity contribution is 4.84. The van der Waals surface area contributed by atoms with E-state index in [9.17, 15) is 0 Å². The molecule has 0 saturated carbocycles. The Morgan fingerprint density at radius 3 is 2.47 bits per heavy atom. The van der Waals surface area contributed by atoms with Crippen molar-refractivity contribution in [1.29, 1.82) is 0 Å². The minimum absolute atomic E-state index is 0.764. The van der Waals surface area contributed by atoms with E-state index in [-0.39, 0.29) is 0 Å². The van der Waals surface area contributed by atoms with E-state index in [1.165, 1.54) is 25.8 Å². The average molecular weight is 214 g/mol. The van der Waals surface area contributed by atoms with Gasteiger partial charge in [-0.15, -0.1) is 0 Å². The monoisotopic (exact) mass is 214 g/mol. The van der Waals surface area contributed by atoms with Crippen LogP contribution in [0.4, 0.5) is 0 Å². The van der Waals surface area contributed by atoms with E-state index in [1.807, 2.05) is 0 Å². The summed E-state index contributed by atoms with van der Waals surface area (Å²) in [6.07, 6.45) is 3.66. The van der Waals surface area contributed by atoms with Gasteiger partial charge in [0.25, 0.3) is 0 Å². The van der Waals surface area contributed by atoms with Crippen LogP contribution in [0.2, 0.25) is 0 Å². The van der Waals surface area contributed by atoms with Crippen molar-refractivity contribution in [3.63, 3.8) is 0 Å². The largest absolute Gasteiger partial charge is 0.380 e. The van der Waals surface area contributed by atoms with E-state index in [0.717, 1.165) is 38.9 Å². The Morgan fingerprint density at radius 2 is 1.93 bits per heavy atom. The summed E-state index contributed by atoms with van der Waals surface area (Å²) in [5.74, 6) is 0. The third-order valence-corrected chi connectivity index (χ3v) is 2.95. The van der Waals surface area contributed by atoms with Gasteiger partial charge in [0.1, 0.15) is 0 Å². The zero-order valence-corrected chi connectivity index (χ0v) is 10.3. The molecule has 3 heteroatoms. The summed E-state index contributed by atoms with van der Waals surface area (Å²) < 4.78 is 5.61. The molecule has 0 radical (unpaired) electrons. The van der Waals surface area contributed by atoms with Crippen molar-refractivity contribution >= 4 is 0 Å². The maximum absolute atomic E-state index is 5.61. The van der Waals surface area contributed by atoms with Gasteiger partial charge in [0.15, 0.2) is 0 Å². The van der Waals surface area contributed by atoms with Crippen LogP contribution < -0.4 is 5.32 Å². The normalized spacial score (nSPS) is 17.0. The quantitative estimate of drug-likeness (QED) is 0.589. The van der Waals surface area contributed by atoms with Crippen LogP contribution in [0.5, 0.6) is 0 Å². The number of unbranched alkanes of at least 4 members (excludes halogenated alkanes) is 1. The number of nitrogens with zero attached hydrogens (tertiary/aromatic N) is 1. The van der Waals surface area contributed by atoms with Gasteiger partial charge in [0.2, 0.25) is 0 Å². The summed E-state index contributed by atoms with van der Waals surface area (Å²) >= 11 is 0. The molecule has 1 heterocycles. The first kappa shape index (κ1) is 12.9. The second kappa shape index (κ2) is 8.08. The standard InChI is InChI=1S/C12H26N2O/c1-3-5-8-15-9-7-14(6-4-2)12-10-13-11-12/h12-13H,3-11H2,1-2H3. The summed E-state index contributed by atoms with van der Waals surface area (Å²) in [6.45, 7) is 10.9. The molecule has 0 aliphatic carbocycles. The average Bonchev–Trinajstić information content (AvgIpc) is 2.15. The van der Waals surface area contributed by atoms with Crippen molar-refractivity contribution in [3.05, 3.63) is 0 Å². The first-order chi connectivity index (χ1) is 7.38. The lowest BCUT2D eigenvalue weighted by Gasteiger charge is -2.38. The van der Waals surface area contributed by atoms with Crippen molar-refractivity contribution in [1.82, 2.24) is 10.2 Å². The van der Waals surface area contributed by atoms with E-state index in [2.05, 4.69) is 24.1 Å². The lowest BCUT2D eigenvalue weighted by molar-refractivity contribution is 0.0709. The summed E-state index contributed by atoms with van der Waals surface area (Å²) in [7, 11) is 0. The Labute approximate surface area is 94.2 Å². The number of hydrogen-bond acceptors (Lipinski definition) is 3. The minimum Gasteiger partial charge on any atom is -0.380 e. The third kappa shape index (κ3) is 4.96. The molecule has 0 aromatic heterocycles. The van der Waals surface area contributed by atoms with E-state index in [0.29, 0.717) is 0 Å². The molecule has 1 N–H and O–H groups in total. The van der Waals surface area contributed by atoms with Gasteiger partial charge in [-0.1, -0.05) is 20.3 Å². The number of rotatable bonds is 9. The maximum atomic E-state index is 5.61. The topological polar surface area (TPSA) is 24.5 Å². The van der Waals surface area contributed by atoms with Crippen molar-refractivity contribution in [3.8, 4) is 0 Å². The van der Waals surface area contributed by atoms with Gasteiger partial charge >= 0.3 is 0 Å². The smallest absolute Gasteiger partial charge is 0.0593 e. The molecule has 1 fully saturated rings. The van der Waals surface area contributed by atoms with E-state index < -0.39 is 0 Å². The predicted octanol–water partition coefficient (Wildman–Crippen LogP) is 1.49. The van der Waals surface area contributed by atoms with Crippen molar-refractivity contribution in [2.75, 3.05) is 39.4 Å². The van der Waals surface area contributed by atoms with Crippen molar-refractivity contribution in [2.45, 2.75) is 39.2 Å². The van der Waals surface area contributed by atoms with Crippen LogP contribution in [0.15, 0.2) is 0 Å². The minimum atomic E-state index is 0.764. The second-order valence-corrected chi connectivity index (χ2v) is 4.31. The molecule has 1 saturated heterocycles. The van der Waals surface area contributed by atoms with E-state index in [4.69, 9.17) is 4.74 Å². The molecule has 0 amide bonds. The predicted molar refractivity (Wildman–Crippen MR) is 64.2 cm³/mol. The van der Waals surface area contributed by atoms with Crippen LogP contribution in [0.1, 0.15) is 33.1 Å². The van der Waals surface area contributed by atoms with Crippen LogP contribution in [0, 0.1) is 0 Å². The summed E-state index contributed by atoms with van der Waals surface area (Å²) in [6, 6.07) is 0.764. The van der Waals surface area contributed by atoms with Gasteiger partial charge in [-0.25, -0.2) is 0 Å². The SMILES string of the molecule is CCCCOCCN(CCC)C1CNC1. The molecular formula is C12H26N2O. The van der Waals surface area contributed by atoms with Crippen LogP contribution in [-0.4, -0.2) is 50.3 Å². The molecule has 0 bridgehead atoms. The van der Waals surface area contributed by atoms with Crippen molar-refractivity contribution in [2.24, 2.45) is 0 Å². The summed E-state index contributed by atoms with van der Waals surface area (Å²) in [4.78, 5) is 2.56. The zero-order valence-electron chi connectivity index (χ0n) is 10.3. The van der Waals surface area contributed by atoms with Gasteiger partial charge in [-0.05, 0) is 19.4 Å². The first-order valence-corrected chi connectivity index (χ1v) is 6.41. The van der Waals surface area contributed by atoms with Gasteiger partial charge in [-0.3, -0.25) is 4.90 Å². The number of nitrogens with one attached hydrogen (secondary N) is 1. The Bertz CT molecular complexity index is 149. The highest BCUT2D eigenvalue weighted by Gasteiger charge is 2.23. The third-order valence-electron chi connectivity index (χ3n) is 2.95. The molecule has 0 aromatic carbocycles. The van der Waals surface area contributed by atoms with Crippen LogP contribution in [0.3, 0.4) is 0 Å². The Morgan fingerprint density at radius 1 is 1.13 bits per heavy atom. The van der Waals surface area contributed by atoms with Gasteiger partial charge in [-0.2, -0.15) is 0 Å². The molecule has 0 atom stereocenters.